The van der Waals surface area contributed by atoms with Crippen LogP contribution in [0.4, 0.5) is 11.6 Å². The molecular weight excluding hydrogens is 402 g/mol. The summed E-state index contributed by atoms with van der Waals surface area (Å²) in [7, 11) is 0. The summed E-state index contributed by atoms with van der Waals surface area (Å²) in [6, 6.07) is 6.81. The third-order valence-electron chi connectivity index (χ3n) is 3.97. The number of nitrogens with zero attached hydrogens (tertiary/aromatic N) is 3. The molecule has 5 N–H and O–H groups in total. The number of pyridine rings is 1. The summed E-state index contributed by atoms with van der Waals surface area (Å²) < 4.78 is 6.63. The van der Waals surface area contributed by atoms with Crippen LogP contribution < -0.4 is 16.0 Å². The van der Waals surface area contributed by atoms with E-state index in [1.165, 1.54) is 36.5 Å². The van der Waals surface area contributed by atoms with Gasteiger partial charge in [-0.3, -0.25) is 4.79 Å². The average molecular weight is 415 g/mol. The van der Waals surface area contributed by atoms with Gasteiger partial charge in [-0.15, -0.1) is 4.68 Å². The molecule has 0 amide bonds. The Morgan fingerprint density at radius 3 is 2.53 bits per heavy atom. The number of anilines is 1. The number of rotatable bonds is 7. The fraction of sp³-hybridized carbons (Fsp3) is 0.0588. The smallest absolute Gasteiger partial charge is 0.390 e. The van der Waals surface area contributed by atoms with Crippen LogP contribution in [0.3, 0.4) is 0 Å². The molecule has 0 saturated heterocycles. The van der Waals surface area contributed by atoms with Gasteiger partial charge in [-0.25, -0.2) is 9.59 Å². The van der Waals surface area contributed by atoms with Crippen molar-refractivity contribution in [2.75, 3.05) is 5.73 Å². The van der Waals surface area contributed by atoms with Crippen molar-refractivity contribution in [3.63, 3.8) is 0 Å². The van der Waals surface area contributed by atoms with Crippen molar-refractivity contribution in [2.24, 2.45) is 0 Å². The summed E-state index contributed by atoms with van der Waals surface area (Å²) in [6.45, 7) is -0.216. The predicted molar refractivity (Wildman–Crippen MR) is 100 cm³/mol. The number of hydrogen-bond donors (Lipinski definition) is 4. The Bertz CT molecular complexity index is 1230. The Balaban J connectivity index is 2.03. The Labute approximate surface area is 166 Å². The molecule has 0 aliphatic carbocycles. The number of nitrogens with one attached hydrogen (secondary N) is 1. The molecule has 0 fully saturated rings. The quantitative estimate of drug-likeness (QED) is 0.320. The van der Waals surface area contributed by atoms with Crippen LogP contribution >= 0.6 is 0 Å². The van der Waals surface area contributed by atoms with E-state index in [1.807, 2.05) is 4.98 Å². The van der Waals surface area contributed by atoms with Gasteiger partial charge in [0, 0.05) is 5.56 Å². The van der Waals surface area contributed by atoms with Gasteiger partial charge >= 0.3 is 17.8 Å². The zero-order valence-electron chi connectivity index (χ0n) is 14.9. The molecule has 1 aromatic carbocycles. The molecule has 30 heavy (non-hydrogen) atoms. The number of benzene rings is 1. The first-order valence-electron chi connectivity index (χ1n) is 8.12. The van der Waals surface area contributed by atoms with E-state index in [2.05, 4.69) is 5.10 Å². The molecule has 0 bridgehead atoms. The molecule has 2 heterocycles. The standard InChI is InChI=1S/C17H13N5O8/c18-14-12(16(24)25)11(13(17(26)27)15(23)19-14)8-2-1-3-9(6-8)30-7-21-5-4-10(20-21)22(28)29/h1-6H,7H2,(H,24,25)(H,26,27)(H3,18,19,23). The number of carbonyl (C=O) groups is 2. The van der Waals surface area contributed by atoms with E-state index in [0.29, 0.717) is 0 Å². The van der Waals surface area contributed by atoms with Gasteiger partial charge in [0.2, 0.25) is 6.73 Å². The predicted octanol–water partition coefficient (Wildman–Crippen LogP) is 1.16. The molecule has 0 aliphatic heterocycles. The summed E-state index contributed by atoms with van der Waals surface area (Å²) >= 11 is 0. The monoisotopic (exact) mass is 415 g/mol. The third-order valence-corrected chi connectivity index (χ3v) is 3.97. The molecule has 3 rings (SSSR count). The largest absolute Gasteiger partial charge is 0.478 e. The van der Waals surface area contributed by atoms with Crippen molar-refractivity contribution in [1.29, 1.82) is 0 Å². The number of nitro groups is 1. The van der Waals surface area contributed by atoms with Crippen LogP contribution in [0.1, 0.15) is 20.7 Å². The SMILES string of the molecule is Nc1[nH]c(=O)c(C(=O)O)c(-c2cccc(OCn3ccc([N+](=O)[O-])n3)c2)c1C(=O)O. The van der Waals surface area contributed by atoms with Crippen molar-refractivity contribution in [3.8, 4) is 16.9 Å². The number of carboxylic acids is 2. The second-order valence-electron chi connectivity index (χ2n) is 5.87. The molecule has 0 unspecified atom stereocenters. The molecule has 2 aromatic heterocycles. The normalized spacial score (nSPS) is 10.5. The number of nitrogen functional groups attached to an aromatic ring is 1. The second-order valence-corrected chi connectivity index (χ2v) is 5.87. The molecule has 0 saturated carbocycles. The highest BCUT2D eigenvalue weighted by Gasteiger charge is 2.26. The minimum Gasteiger partial charge on any atom is -0.478 e. The van der Waals surface area contributed by atoms with E-state index in [1.54, 1.807) is 0 Å². The van der Waals surface area contributed by atoms with Gasteiger partial charge in [0.05, 0.1) is 17.4 Å². The highest BCUT2D eigenvalue weighted by molar-refractivity contribution is 6.07. The summed E-state index contributed by atoms with van der Waals surface area (Å²) in [6.07, 6.45) is 1.32. The van der Waals surface area contributed by atoms with Gasteiger partial charge in [-0.2, -0.15) is 0 Å². The van der Waals surface area contributed by atoms with Crippen LogP contribution in [0.5, 0.6) is 5.75 Å². The molecular formula is C17H13N5O8. The third kappa shape index (κ3) is 3.80. The summed E-state index contributed by atoms with van der Waals surface area (Å²) in [5.74, 6) is -3.87. The van der Waals surface area contributed by atoms with Gasteiger partial charge in [0.1, 0.15) is 22.7 Å². The Morgan fingerprint density at radius 2 is 1.93 bits per heavy atom. The van der Waals surface area contributed by atoms with E-state index >= 15 is 0 Å². The van der Waals surface area contributed by atoms with Crippen LogP contribution in [-0.4, -0.2) is 41.8 Å². The first kappa shape index (κ1) is 20.1. The molecule has 13 nitrogen and oxygen atoms in total. The number of aromatic nitrogens is 3. The minimum atomic E-state index is -1.64. The number of aromatic carboxylic acids is 2. The van der Waals surface area contributed by atoms with Crippen LogP contribution in [0.2, 0.25) is 0 Å². The van der Waals surface area contributed by atoms with Gasteiger partial charge in [0.25, 0.3) is 5.56 Å². The highest BCUT2D eigenvalue weighted by Crippen LogP contribution is 2.31. The maximum Gasteiger partial charge on any atom is 0.390 e. The number of hydrogen-bond acceptors (Lipinski definition) is 8. The van der Waals surface area contributed by atoms with Gasteiger partial charge in [-0.05, 0) is 22.6 Å². The minimum absolute atomic E-state index is 0.0616. The molecule has 0 spiro atoms. The summed E-state index contributed by atoms with van der Waals surface area (Å²) in [4.78, 5) is 47.4. The van der Waals surface area contributed by atoms with Crippen molar-refractivity contribution in [1.82, 2.24) is 14.8 Å². The van der Waals surface area contributed by atoms with Crippen molar-refractivity contribution < 1.29 is 29.5 Å². The van der Waals surface area contributed by atoms with E-state index in [9.17, 15) is 34.7 Å². The van der Waals surface area contributed by atoms with Gasteiger partial charge in [-0.1, -0.05) is 12.1 Å². The molecule has 154 valence electrons. The van der Waals surface area contributed by atoms with E-state index in [-0.39, 0.29) is 29.4 Å². The number of ether oxygens (including phenoxy) is 1. The van der Waals surface area contributed by atoms with E-state index in [4.69, 9.17) is 10.5 Å². The highest BCUT2D eigenvalue weighted by atomic mass is 16.6. The lowest BCUT2D eigenvalue weighted by atomic mass is 9.95. The van der Waals surface area contributed by atoms with E-state index < -0.39 is 39.4 Å². The average Bonchev–Trinajstić information content (AvgIpc) is 3.14. The van der Waals surface area contributed by atoms with Crippen molar-refractivity contribution in [3.05, 3.63) is 68.1 Å². The number of nitrogens with two attached hydrogens (primary N) is 1. The van der Waals surface area contributed by atoms with Crippen LogP contribution in [0.15, 0.2) is 41.3 Å². The lowest BCUT2D eigenvalue weighted by Crippen LogP contribution is -2.24. The number of aromatic amines is 1. The summed E-state index contributed by atoms with van der Waals surface area (Å²) in [5.41, 5.74) is 2.86. The lowest BCUT2D eigenvalue weighted by Gasteiger charge is -2.13. The lowest BCUT2D eigenvalue weighted by molar-refractivity contribution is -0.389. The fourth-order valence-electron chi connectivity index (χ4n) is 2.74. The molecule has 0 atom stereocenters. The zero-order chi connectivity index (χ0) is 22.0. The Morgan fingerprint density at radius 1 is 1.23 bits per heavy atom. The molecule has 13 heteroatoms. The van der Waals surface area contributed by atoms with Crippen LogP contribution in [0.25, 0.3) is 11.1 Å². The Hall–Kier alpha value is -4.68. The summed E-state index contributed by atoms with van der Waals surface area (Å²) in [5, 5.41) is 33.3. The molecule has 3 aromatic rings. The Kier molecular flexibility index (Phi) is 5.18. The maximum atomic E-state index is 12.1. The van der Waals surface area contributed by atoms with Crippen molar-refractivity contribution >= 4 is 23.6 Å². The molecule has 0 aliphatic rings. The number of carboxylic acid groups (broad SMARTS) is 2. The molecule has 0 radical (unpaired) electrons. The van der Waals surface area contributed by atoms with Crippen LogP contribution in [0, 0.1) is 10.1 Å². The maximum absolute atomic E-state index is 12.1. The van der Waals surface area contributed by atoms with Crippen LogP contribution in [-0.2, 0) is 6.73 Å². The zero-order valence-corrected chi connectivity index (χ0v) is 14.9. The van der Waals surface area contributed by atoms with Gasteiger partial charge < -0.3 is 35.8 Å². The fourth-order valence-corrected chi connectivity index (χ4v) is 2.74. The number of H-pyrrole nitrogens is 1. The van der Waals surface area contributed by atoms with E-state index in [0.717, 1.165) is 4.68 Å². The first-order valence-corrected chi connectivity index (χ1v) is 8.12. The van der Waals surface area contributed by atoms with Crippen molar-refractivity contribution in [2.45, 2.75) is 6.73 Å². The topological polar surface area (TPSA) is 204 Å². The first-order chi connectivity index (χ1) is 14.2. The second kappa shape index (κ2) is 7.75. The van der Waals surface area contributed by atoms with Gasteiger partial charge in [0.15, 0.2) is 0 Å².